The molecule has 14 heavy (non-hydrogen) atoms. The Morgan fingerprint density at radius 1 is 1.50 bits per heavy atom. The van der Waals surface area contributed by atoms with Crippen LogP contribution in [0.5, 0.6) is 0 Å². The largest absolute Gasteiger partial charge is 0.333 e. The van der Waals surface area contributed by atoms with E-state index in [0.717, 1.165) is 21.9 Å². The van der Waals surface area contributed by atoms with E-state index in [-0.39, 0.29) is 0 Å². The molecule has 1 heterocycles. The third-order valence-electron chi connectivity index (χ3n) is 1.97. The first-order valence-electron chi connectivity index (χ1n) is 4.59. The number of aryl methyl sites for hydroxylation is 1. The minimum atomic E-state index is 0.681. The smallest absolute Gasteiger partial charge is 0.166 e. The maximum Gasteiger partial charge on any atom is 0.166 e. The molecule has 1 aromatic heterocycles. The number of nitrogens with two attached hydrogens (primary N) is 1. The van der Waals surface area contributed by atoms with Crippen molar-refractivity contribution >= 4 is 22.8 Å². The van der Waals surface area contributed by atoms with Gasteiger partial charge in [-0.05, 0) is 24.6 Å². The van der Waals surface area contributed by atoms with Crippen LogP contribution in [0.3, 0.4) is 0 Å². The monoisotopic (exact) mass is 207 g/mol. The van der Waals surface area contributed by atoms with Gasteiger partial charge in [0.1, 0.15) is 0 Å². The fraction of sp³-hybridized carbons (Fsp3) is 0.300. The second-order valence-electron chi connectivity index (χ2n) is 3.20. The first kappa shape index (κ1) is 9.55. The van der Waals surface area contributed by atoms with Gasteiger partial charge in [0.25, 0.3) is 0 Å². The second kappa shape index (κ2) is 4.02. The summed E-state index contributed by atoms with van der Waals surface area (Å²) >= 11 is 1.66. The third kappa shape index (κ3) is 1.91. The van der Waals surface area contributed by atoms with Gasteiger partial charge in [-0.1, -0.05) is 17.8 Å². The molecule has 0 aliphatic carbocycles. The molecular weight excluding hydrogens is 194 g/mol. The highest BCUT2D eigenvalue weighted by atomic mass is 32.2. The molecule has 2 aromatic rings. The third-order valence-corrected chi connectivity index (χ3v) is 2.88. The standard InChI is InChI=1S/C10H13N3S/c1-7-2-3-8-9(6-7)13-10(12-8)14-5-4-11/h2-3,6H,4-5,11H2,1H3,(H,12,13). The SMILES string of the molecule is Cc1ccc2nc(SCCN)[nH]c2c1. The number of hydrogen-bond donors (Lipinski definition) is 2. The lowest BCUT2D eigenvalue weighted by Crippen LogP contribution is -2.01. The first-order chi connectivity index (χ1) is 6.79. The van der Waals surface area contributed by atoms with Gasteiger partial charge in [-0.3, -0.25) is 0 Å². The lowest BCUT2D eigenvalue weighted by Gasteiger charge is -1.91. The van der Waals surface area contributed by atoms with Gasteiger partial charge in [0.05, 0.1) is 11.0 Å². The van der Waals surface area contributed by atoms with Crippen molar-refractivity contribution in [1.29, 1.82) is 0 Å². The average Bonchev–Trinajstić information content (AvgIpc) is 2.56. The number of aromatic amines is 1. The zero-order valence-corrected chi connectivity index (χ0v) is 8.90. The van der Waals surface area contributed by atoms with Crippen LogP contribution in [0.4, 0.5) is 0 Å². The van der Waals surface area contributed by atoms with Gasteiger partial charge < -0.3 is 10.7 Å². The van der Waals surface area contributed by atoms with Crippen LogP contribution in [-0.2, 0) is 0 Å². The molecule has 4 heteroatoms. The van der Waals surface area contributed by atoms with E-state index in [1.165, 1.54) is 5.56 Å². The molecule has 2 rings (SSSR count). The lowest BCUT2D eigenvalue weighted by molar-refractivity contribution is 1.07. The highest BCUT2D eigenvalue weighted by molar-refractivity contribution is 7.99. The van der Waals surface area contributed by atoms with Crippen molar-refractivity contribution < 1.29 is 0 Å². The van der Waals surface area contributed by atoms with E-state index < -0.39 is 0 Å². The quantitative estimate of drug-likeness (QED) is 0.756. The normalized spacial score (nSPS) is 11.0. The summed E-state index contributed by atoms with van der Waals surface area (Å²) in [6.45, 7) is 2.76. The van der Waals surface area contributed by atoms with Crippen molar-refractivity contribution in [3.8, 4) is 0 Å². The molecule has 0 radical (unpaired) electrons. The van der Waals surface area contributed by atoms with Crippen LogP contribution in [0.1, 0.15) is 5.56 Å². The maximum atomic E-state index is 5.43. The van der Waals surface area contributed by atoms with E-state index in [1.54, 1.807) is 11.8 Å². The van der Waals surface area contributed by atoms with Crippen LogP contribution in [-0.4, -0.2) is 22.3 Å². The molecule has 3 N–H and O–H groups in total. The Kier molecular flexibility index (Phi) is 2.74. The predicted molar refractivity (Wildman–Crippen MR) is 60.6 cm³/mol. The summed E-state index contributed by atoms with van der Waals surface area (Å²) in [4.78, 5) is 7.71. The Morgan fingerprint density at radius 3 is 3.14 bits per heavy atom. The summed E-state index contributed by atoms with van der Waals surface area (Å²) in [7, 11) is 0. The summed E-state index contributed by atoms with van der Waals surface area (Å²) in [5, 5.41) is 0.955. The van der Waals surface area contributed by atoms with Gasteiger partial charge in [-0.25, -0.2) is 4.98 Å². The Bertz CT molecular complexity index is 436. The molecule has 0 bridgehead atoms. The summed E-state index contributed by atoms with van der Waals surface area (Å²) in [5.41, 5.74) is 8.80. The van der Waals surface area contributed by atoms with Crippen molar-refractivity contribution in [1.82, 2.24) is 9.97 Å². The molecule has 0 spiro atoms. The van der Waals surface area contributed by atoms with Gasteiger partial charge in [0.15, 0.2) is 5.16 Å². The number of hydrogen-bond acceptors (Lipinski definition) is 3. The fourth-order valence-electron chi connectivity index (χ4n) is 1.32. The second-order valence-corrected chi connectivity index (χ2v) is 4.28. The van der Waals surface area contributed by atoms with Crippen molar-refractivity contribution in [3.05, 3.63) is 23.8 Å². The number of nitrogens with zero attached hydrogens (tertiary/aromatic N) is 1. The number of imidazole rings is 1. The molecule has 0 aliphatic rings. The molecule has 0 saturated carbocycles. The predicted octanol–water partition coefficient (Wildman–Crippen LogP) is 1.92. The number of rotatable bonds is 3. The number of fused-ring (bicyclic) bond motifs is 1. The summed E-state index contributed by atoms with van der Waals surface area (Å²) < 4.78 is 0. The van der Waals surface area contributed by atoms with E-state index in [9.17, 15) is 0 Å². The van der Waals surface area contributed by atoms with Crippen LogP contribution in [0.2, 0.25) is 0 Å². The zero-order chi connectivity index (χ0) is 9.97. The van der Waals surface area contributed by atoms with Crippen LogP contribution in [0, 0.1) is 6.92 Å². The molecule has 0 unspecified atom stereocenters. The van der Waals surface area contributed by atoms with Crippen molar-refractivity contribution in [2.24, 2.45) is 5.73 Å². The molecule has 0 amide bonds. The average molecular weight is 207 g/mol. The van der Waals surface area contributed by atoms with Crippen LogP contribution >= 0.6 is 11.8 Å². The Morgan fingerprint density at radius 2 is 2.36 bits per heavy atom. The minimum Gasteiger partial charge on any atom is -0.333 e. The number of H-pyrrole nitrogens is 1. The Hall–Kier alpha value is -1.00. The fourth-order valence-corrected chi connectivity index (χ4v) is 1.98. The van der Waals surface area contributed by atoms with Gasteiger partial charge in [0.2, 0.25) is 0 Å². The van der Waals surface area contributed by atoms with Crippen LogP contribution < -0.4 is 5.73 Å². The van der Waals surface area contributed by atoms with E-state index >= 15 is 0 Å². The highest BCUT2D eigenvalue weighted by Gasteiger charge is 2.02. The minimum absolute atomic E-state index is 0.681. The number of aromatic nitrogens is 2. The Labute approximate surface area is 87.1 Å². The number of nitrogens with one attached hydrogen (secondary N) is 1. The van der Waals surface area contributed by atoms with Crippen molar-refractivity contribution in [3.63, 3.8) is 0 Å². The lowest BCUT2D eigenvalue weighted by atomic mass is 10.2. The van der Waals surface area contributed by atoms with Gasteiger partial charge in [-0.15, -0.1) is 0 Å². The summed E-state index contributed by atoms with van der Waals surface area (Å²) in [6.07, 6.45) is 0. The van der Waals surface area contributed by atoms with E-state index in [4.69, 9.17) is 5.73 Å². The van der Waals surface area contributed by atoms with Crippen LogP contribution in [0.15, 0.2) is 23.4 Å². The van der Waals surface area contributed by atoms with Gasteiger partial charge in [0, 0.05) is 12.3 Å². The molecule has 74 valence electrons. The molecule has 0 aliphatic heterocycles. The summed E-state index contributed by atoms with van der Waals surface area (Å²) in [6, 6.07) is 6.21. The van der Waals surface area contributed by atoms with Crippen molar-refractivity contribution in [2.75, 3.05) is 12.3 Å². The van der Waals surface area contributed by atoms with Gasteiger partial charge >= 0.3 is 0 Å². The molecule has 3 nitrogen and oxygen atoms in total. The van der Waals surface area contributed by atoms with E-state index in [1.807, 2.05) is 6.07 Å². The maximum absolute atomic E-state index is 5.43. The number of benzene rings is 1. The van der Waals surface area contributed by atoms with E-state index in [2.05, 4.69) is 29.0 Å². The number of thioether (sulfide) groups is 1. The summed E-state index contributed by atoms with van der Waals surface area (Å²) in [5.74, 6) is 0.902. The molecule has 0 saturated heterocycles. The molecule has 0 fully saturated rings. The molecular formula is C10H13N3S. The zero-order valence-electron chi connectivity index (χ0n) is 8.08. The molecule has 1 aromatic carbocycles. The van der Waals surface area contributed by atoms with Gasteiger partial charge in [-0.2, -0.15) is 0 Å². The van der Waals surface area contributed by atoms with Crippen LogP contribution in [0.25, 0.3) is 11.0 Å². The topological polar surface area (TPSA) is 54.7 Å². The van der Waals surface area contributed by atoms with Crippen molar-refractivity contribution in [2.45, 2.75) is 12.1 Å². The Balaban J connectivity index is 2.32. The molecule has 0 atom stereocenters. The van der Waals surface area contributed by atoms with E-state index in [0.29, 0.717) is 6.54 Å². The highest BCUT2D eigenvalue weighted by Crippen LogP contribution is 2.19. The first-order valence-corrected chi connectivity index (χ1v) is 5.57.